The van der Waals surface area contributed by atoms with Crippen LogP contribution in [0.5, 0.6) is 0 Å². The Morgan fingerprint density at radius 3 is 3.05 bits per heavy atom. The van der Waals surface area contributed by atoms with Crippen LogP contribution in [0.3, 0.4) is 0 Å². The molecule has 1 aliphatic rings. The number of anilines is 1. The van der Waals surface area contributed by atoms with E-state index in [1.54, 1.807) is 0 Å². The minimum atomic E-state index is -3.39. The standard InChI is InChI=1S/C12H21N3O3S2/c1-3-13-9(2)11-7-19-12(14-11)15-20(16,17)8-10-5-4-6-18-10/h7,9-10,13H,3-6,8H2,1-2H3,(H,14,15). The molecule has 0 spiro atoms. The summed E-state index contributed by atoms with van der Waals surface area (Å²) >= 11 is 1.31. The summed E-state index contributed by atoms with van der Waals surface area (Å²) in [5, 5.41) is 5.54. The molecule has 2 N–H and O–H groups in total. The van der Waals surface area contributed by atoms with Gasteiger partial charge in [0, 0.05) is 18.0 Å². The first kappa shape index (κ1) is 15.7. The molecular weight excluding hydrogens is 298 g/mol. The van der Waals surface area contributed by atoms with Gasteiger partial charge in [-0.2, -0.15) is 0 Å². The molecule has 0 amide bonds. The fourth-order valence-electron chi connectivity index (χ4n) is 2.14. The number of hydrogen-bond acceptors (Lipinski definition) is 6. The first-order valence-corrected chi connectivity index (χ1v) is 9.34. The second-order valence-electron chi connectivity index (χ2n) is 4.88. The van der Waals surface area contributed by atoms with Crippen molar-refractivity contribution in [1.82, 2.24) is 10.3 Å². The molecule has 0 radical (unpaired) electrons. The maximum atomic E-state index is 12.0. The number of nitrogens with zero attached hydrogens (tertiary/aromatic N) is 1. The fourth-order valence-corrected chi connectivity index (χ4v) is 4.51. The van der Waals surface area contributed by atoms with Gasteiger partial charge in [0.2, 0.25) is 10.0 Å². The van der Waals surface area contributed by atoms with Gasteiger partial charge in [0.15, 0.2) is 5.13 Å². The number of rotatable bonds is 7. The molecule has 0 aromatic carbocycles. The number of aromatic nitrogens is 1. The fraction of sp³-hybridized carbons (Fsp3) is 0.750. The quantitative estimate of drug-likeness (QED) is 0.800. The zero-order valence-electron chi connectivity index (χ0n) is 11.8. The van der Waals surface area contributed by atoms with Crippen LogP contribution in [0, 0.1) is 0 Å². The Kier molecular flexibility index (Phi) is 5.36. The van der Waals surface area contributed by atoms with E-state index in [0.717, 1.165) is 25.1 Å². The lowest BCUT2D eigenvalue weighted by Crippen LogP contribution is -2.25. The molecule has 1 aliphatic heterocycles. The summed E-state index contributed by atoms with van der Waals surface area (Å²) in [5.74, 6) is 0.00464. The SMILES string of the molecule is CCNC(C)c1csc(NS(=O)(=O)CC2CCCO2)n1. The lowest BCUT2D eigenvalue weighted by molar-refractivity contribution is 0.127. The Morgan fingerprint density at radius 1 is 1.60 bits per heavy atom. The molecule has 1 saturated heterocycles. The molecule has 6 nitrogen and oxygen atoms in total. The molecule has 2 rings (SSSR count). The maximum absolute atomic E-state index is 12.0. The summed E-state index contributed by atoms with van der Waals surface area (Å²) in [4.78, 5) is 4.31. The minimum Gasteiger partial charge on any atom is -0.377 e. The highest BCUT2D eigenvalue weighted by Crippen LogP contribution is 2.22. The van der Waals surface area contributed by atoms with Crippen molar-refractivity contribution in [3.63, 3.8) is 0 Å². The van der Waals surface area contributed by atoms with Gasteiger partial charge in [-0.25, -0.2) is 13.4 Å². The van der Waals surface area contributed by atoms with Crippen LogP contribution in [0.15, 0.2) is 5.38 Å². The molecule has 2 atom stereocenters. The van der Waals surface area contributed by atoms with Gasteiger partial charge < -0.3 is 10.1 Å². The van der Waals surface area contributed by atoms with Crippen molar-refractivity contribution in [2.24, 2.45) is 0 Å². The molecule has 0 aliphatic carbocycles. The highest BCUT2D eigenvalue weighted by molar-refractivity contribution is 7.92. The average Bonchev–Trinajstić information content (AvgIpc) is 3.00. The molecule has 2 heterocycles. The van der Waals surface area contributed by atoms with Crippen molar-refractivity contribution in [3.8, 4) is 0 Å². The summed E-state index contributed by atoms with van der Waals surface area (Å²) in [5.41, 5.74) is 0.853. The summed E-state index contributed by atoms with van der Waals surface area (Å²) in [7, 11) is -3.39. The Labute approximate surface area is 124 Å². The third-order valence-corrected chi connectivity index (χ3v) is 5.37. The molecular formula is C12H21N3O3S2. The van der Waals surface area contributed by atoms with Gasteiger partial charge in [-0.3, -0.25) is 4.72 Å². The topological polar surface area (TPSA) is 80.3 Å². The van der Waals surface area contributed by atoms with E-state index >= 15 is 0 Å². The predicted molar refractivity (Wildman–Crippen MR) is 80.6 cm³/mol. The zero-order valence-corrected chi connectivity index (χ0v) is 13.4. The van der Waals surface area contributed by atoms with E-state index in [-0.39, 0.29) is 17.9 Å². The summed E-state index contributed by atoms with van der Waals surface area (Å²) in [6, 6.07) is 0.118. The molecule has 0 saturated carbocycles. The second kappa shape index (κ2) is 6.84. The molecule has 114 valence electrons. The van der Waals surface area contributed by atoms with Crippen LogP contribution in [-0.4, -0.2) is 38.4 Å². The molecule has 1 fully saturated rings. The lowest BCUT2D eigenvalue weighted by Gasteiger charge is -2.10. The maximum Gasteiger partial charge on any atom is 0.237 e. The van der Waals surface area contributed by atoms with Crippen LogP contribution in [0.25, 0.3) is 0 Å². The number of thiazole rings is 1. The third-order valence-electron chi connectivity index (χ3n) is 3.15. The van der Waals surface area contributed by atoms with Gasteiger partial charge in [-0.15, -0.1) is 11.3 Å². The van der Waals surface area contributed by atoms with Crippen LogP contribution in [-0.2, 0) is 14.8 Å². The minimum absolute atomic E-state index is 0.00464. The van der Waals surface area contributed by atoms with Gasteiger partial charge in [-0.1, -0.05) is 6.92 Å². The van der Waals surface area contributed by atoms with Crippen molar-refractivity contribution in [1.29, 1.82) is 0 Å². The second-order valence-corrected chi connectivity index (χ2v) is 7.50. The number of nitrogens with one attached hydrogen (secondary N) is 2. The van der Waals surface area contributed by atoms with E-state index in [1.807, 2.05) is 19.2 Å². The number of hydrogen-bond donors (Lipinski definition) is 2. The molecule has 0 bridgehead atoms. The van der Waals surface area contributed by atoms with E-state index in [4.69, 9.17) is 4.74 Å². The van der Waals surface area contributed by atoms with Crippen molar-refractivity contribution >= 4 is 26.5 Å². The average molecular weight is 319 g/mol. The molecule has 8 heteroatoms. The van der Waals surface area contributed by atoms with E-state index < -0.39 is 10.0 Å². The van der Waals surface area contributed by atoms with Gasteiger partial charge in [0.1, 0.15) is 0 Å². The van der Waals surface area contributed by atoms with Crippen LogP contribution in [0.1, 0.15) is 38.4 Å². The van der Waals surface area contributed by atoms with Gasteiger partial charge in [0.25, 0.3) is 0 Å². The monoisotopic (exact) mass is 319 g/mol. The largest absolute Gasteiger partial charge is 0.377 e. The van der Waals surface area contributed by atoms with Crippen molar-refractivity contribution in [3.05, 3.63) is 11.1 Å². The zero-order chi connectivity index (χ0) is 14.6. The van der Waals surface area contributed by atoms with Crippen LogP contribution in [0.4, 0.5) is 5.13 Å². The Balaban J connectivity index is 1.95. The Hall–Kier alpha value is -0.700. The smallest absolute Gasteiger partial charge is 0.237 e. The van der Waals surface area contributed by atoms with Gasteiger partial charge in [0.05, 0.1) is 17.6 Å². The van der Waals surface area contributed by atoms with Gasteiger partial charge >= 0.3 is 0 Å². The van der Waals surface area contributed by atoms with E-state index in [1.165, 1.54) is 11.3 Å². The van der Waals surface area contributed by atoms with Crippen LogP contribution in [0.2, 0.25) is 0 Å². The first-order valence-electron chi connectivity index (χ1n) is 6.81. The highest BCUT2D eigenvalue weighted by Gasteiger charge is 2.24. The Bertz CT molecular complexity index is 524. The van der Waals surface area contributed by atoms with E-state index in [9.17, 15) is 8.42 Å². The first-order chi connectivity index (χ1) is 9.50. The van der Waals surface area contributed by atoms with Crippen molar-refractivity contribution in [2.45, 2.75) is 38.8 Å². The predicted octanol–water partition coefficient (Wildman–Crippen LogP) is 1.73. The number of sulfonamides is 1. The molecule has 1 aromatic heterocycles. The lowest BCUT2D eigenvalue weighted by atomic mass is 10.3. The normalized spacial score (nSPS) is 21.0. The van der Waals surface area contributed by atoms with E-state index in [2.05, 4.69) is 15.0 Å². The van der Waals surface area contributed by atoms with Crippen LogP contribution < -0.4 is 10.0 Å². The summed E-state index contributed by atoms with van der Waals surface area (Å²) in [6.45, 7) is 5.53. The van der Waals surface area contributed by atoms with Crippen molar-refractivity contribution in [2.75, 3.05) is 23.6 Å². The van der Waals surface area contributed by atoms with Gasteiger partial charge in [-0.05, 0) is 26.3 Å². The molecule has 1 aromatic rings. The summed E-state index contributed by atoms with van der Waals surface area (Å²) < 4.78 is 31.9. The third kappa shape index (κ3) is 4.41. The number of ether oxygens (including phenoxy) is 1. The Morgan fingerprint density at radius 2 is 2.40 bits per heavy atom. The van der Waals surface area contributed by atoms with Crippen LogP contribution >= 0.6 is 11.3 Å². The van der Waals surface area contributed by atoms with Crippen molar-refractivity contribution < 1.29 is 13.2 Å². The molecule has 2 unspecified atom stereocenters. The summed E-state index contributed by atoms with van der Waals surface area (Å²) in [6.07, 6.45) is 1.55. The molecule has 20 heavy (non-hydrogen) atoms. The van der Waals surface area contributed by atoms with E-state index in [0.29, 0.717) is 11.7 Å². The highest BCUT2D eigenvalue weighted by atomic mass is 32.2.